The number of halogens is 3. The molecule has 0 bridgehead atoms. The number of rotatable bonds is 4. The molecule has 18 heavy (non-hydrogen) atoms. The first-order valence-electron chi connectivity index (χ1n) is 4.95. The number of aromatic nitrogens is 1. The van der Waals surface area contributed by atoms with Crippen molar-refractivity contribution in [2.75, 3.05) is 0 Å². The molecule has 0 amide bonds. The van der Waals surface area contributed by atoms with Crippen LogP contribution in [0.25, 0.3) is 0 Å². The summed E-state index contributed by atoms with van der Waals surface area (Å²) in [5.74, 6) is -0.222. The maximum atomic E-state index is 12.2. The predicted molar refractivity (Wildman–Crippen MR) is 57.1 cm³/mol. The first-order valence-corrected chi connectivity index (χ1v) is 4.95. The highest BCUT2D eigenvalue weighted by Gasteiger charge is 2.36. The van der Waals surface area contributed by atoms with E-state index in [1.807, 2.05) is 0 Å². The van der Waals surface area contributed by atoms with E-state index in [-0.39, 0.29) is 18.1 Å². The molecular formula is C10H12F3N3O2. The van der Waals surface area contributed by atoms with Crippen molar-refractivity contribution in [3.8, 4) is 0 Å². The highest BCUT2D eigenvalue weighted by Crippen LogP contribution is 2.23. The summed E-state index contributed by atoms with van der Waals surface area (Å²) in [6.45, 7) is 0.681. The van der Waals surface area contributed by atoms with Crippen LogP contribution in [0.5, 0.6) is 0 Å². The van der Waals surface area contributed by atoms with Crippen molar-refractivity contribution in [1.29, 1.82) is 0 Å². The Morgan fingerprint density at radius 2 is 2.28 bits per heavy atom. The highest BCUT2D eigenvalue weighted by atomic mass is 19.4. The lowest BCUT2D eigenvalue weighted by molar-refractivity contribution is -0.217. The Labute approximate surface area is 101 Å². The van der Waals surface area contributed by atoms with Gasteiger partial charge in [-0.2, -0.15) is 13.2 Å². The van der Waals surface area contributed by atoms with E-state index in [1.165, 1.54) is 18.3 Å². The number of hydrogen-bond acceptors (Lipinski definition) is 4. The minimum atomic E-state index is -4.40. The Morgan fingerprint density at radius 3 is 2.83 bits per heavy atom. The van der Waals surface area contributed by atoms with Gasteiger partial charge in [-0.1, -0.05) is 5.16 Å². The molecule has 0 aliphatic carbocycles. The molecule has 1 rings (SSSR count). The maximum absolute atomic E-state index is 12.2. The summed E-state index contributed by atoms with van der Waals surface area (Å²) in [5, 5.41) is 11.2. The molecule has 0 aliphatic heterocycles. The Hall–Kier alpha value is -1.83. The summed E-state index contributed by atoms with van der Waals surface area (Å²) in [7, 11) is 0. The molecule has 5 nitrogen and oxygen atoms in total. The van der Waals surface area contributed by atoms with Gasteiger partial charge in [0, 0.05) is 6.20 Å². The second-order valence-corrected chi connectivity index (χ2v) is 3.53. The van der Waals surface area contributed by atoms with E-state index in [0.29, 0.717) is 5.56 Å². The molecule has 0 saturated heterocycles. The molecule has 8 heteroatoms. The number of nitrogens with two attached hydrogens (primary N) is 1. The predicted octanol–water partition coefficient (Wildman–Crippen LogP) is 1.64. The van der Waals surface area contributed by atoms with Crippen LogP contribution in [0.1, 0.15) is 18.2 Å². The van der Waals surface area contributed by atoms with Crippen LogP contribution in [0.3, 0.4) is 0 Å². The van der Waals surface area contributed by atoms with E-state index in [9.17, 15) is 13.2 Å². The maximum Gasteiger partial charge on any atom is 0.414 e. The van der Waals surface area contributed by atoms with E-state index in [2.05, 4.69) is 14.9 Å². The van der Waals surface area contributed by atoms with Gasteiger partial charge in [0.2, 0.25) is 0 Å². The number of alkyl halides is 3. The van der Waals surface area contributed by atoms with Crippen LogP contribution in [-0.4, -0.2) is 28.3 Å². The van der Waals surface area contributed by atoms with E-state index in [0.717, 1.165) is 6.92 Å². The summed E-state index contributed by atoms with van der Waals surface area (Å²) in [6, 6.07) is 2.87. The molecule has 3 N–H and O–H groups in total. The number of amidine groups is 1. The van der Waals surface area contributed by atoms with Gasteiger partial charge in [-0.25, -0.2) is 0 Å². The Kier molecular flexibility index (Phi) is 4.49. The zero-order valence-corrected chi connectivity index (χ0v) is 9.48. The van der Waals surface area contributed by atoms with Gasteiger partial charge < -0.3 is 15.7 Å². The van der Waals surface area contributed by atoms with Crippen molar-refractivity contribution in [1.82, 2.24) is 4.98 Å². The van der Waals surface area contributed by atoms with Gasteiger partial charge in [-0.3, -0.25) is 4.98 Å². The number of nitrogens with zero attached hydrogens (tertiary/aromatic N) is 2. The molecule has 0 fully saturated rings. The molecule has 1 unspecified atom stereocenters. The van der Waals surface area contributed by atoms with E-state index in [1.54, 1.807) is 0 Å². The van der Waals surface area contributed by atoms with Gasteiger partial charge in [0.05, 0.1) is 6.61 Å². The van der Waals surface area contributed by atoms with Gasteiger partial charge in [0.25, 0.3) is 0 Å². The van der Waals surface area contributed by atoms with Gasteiger partial charge in [-0.05, 0) is 24.6 Å². The van der Waals surface area contributed by atoms with Crippen LogP contribution in [-0.2, 0) is 11.3 Å². The molecule has 0 aromatic carbocycles. The average molecular weight is 263 g/mol. The smallest absolute Gasteiger partial charge is 0.409 e. The zero-order valence-electron chi connectivity index (χ0n) is 9.48. The van der Waals surface area contributed by atoms with Gasteiger partial charge in [0.1, 0.15) is 5.69 Å². The van der Waals surface area contributed by atoms with Crippen molar-refractivity contribution < 1.29 is 23.1 Å². The summed E-state index contributed by atoms with van der Waals surface area (Å²) in [5.41, 5.74) is 5.92. The number of ether oxygens (including phenoxy) is 1. The third kappa shape index (κ3) is 3.88. The third-order valence-corrected chi connectivity index (χ3v) is 2.16. The van der Waals surface area contributed by atoms with Crippen LogP contribution >= 0.6 is 0 Å². The molecule has 1 heterocycles. The molecule has 0 saturated carbocycles. The lowest BCUT2D eigenvalue weighted by atomic mass is 10.2. The summed E-state index contributed by atoms with van der Waals surface area (Å²) in [4.78, 5) is 3.79. The van der Waals surface area contributed by atoms with Crippen molar-refractivity contribution in [3.63, 3.8) is 0 Å². The fourth-order valence-electron chi connectivity index (χ4n) is 1.07. The summed E-state index contributed by atoms with van der Waals surface area (Å²) >= 11 is 0. The van der Waals surface area contributed by atoms with Crippen LogP contribution in [0.4, 0.5) is 13.2 Å². The molecule has 100 valence electrons. The minimum absolute atomic E-state index is 0.165. The summed E-state index contributed by atoms with van der Waals surface area (Å²) < 4.78 is 41.3. The van der Waals surface area contributed by atoms with Gasteiger partial charge >= 0.3 is 6.18 Å². The van der Waals surface area contributed by atoms with Crippen molar-refractivity contribution in [2.24, 2.45) is 10.9 Å². The Balaban J connectivity index is 2.69. The fourth-order valence-corrected chi connectivity index (χ4v) is 1.07. The molecule has 1 aromatic rings. The van der Waals surface area contributed by atoms with Crippen LogP contribution in [0, 0.1) is 0 Å². The fraction of sp³-hybridized carbons (Fsp3) is 0.400. The topological polar surface area (TPSA) is 80.7 Å². The SMILES string of the molecule is CC(OCc1ccnc(C(N)=NO)c1)C(F)(F)F. The normalized spacial score (nSPS) is 14.6. The van der Waals surface area contributed by atoms with E-state index in [4.69, 9.17) is 10.9 Å². The van der Waals surface area contributed by atoms with Crippen LogP contribution < -0.4 is 5.73 Å². The minimum Gasteiger partial charge on any atom is -0.409 e. The molecule has 0 radical (unpaired) electrons. The quantitative estimate of drug-likeness (QED) is 0.374. The first-order chi connectivity index (χ1) is 8.34. The third-order valence-electron chi connectivity index (χ3n) is 2.16. The molecule has 1 atom stereocenters. The lowest BCUT2D eigenvalue weighted by Crippen LogP contribution is -2.28. The van der Waals surface area contributed by atoms with Crippen molar-refractivity contribution >= 4 is 5.84 Å². The molecule has 0 aliphatic rings. The van der Waals surface area contributed by atoms with E-state index < -0.39 is 12.3 Å². The first kappa shape index (κ1) is 14.2. The standard InChI is InChI=1S/C10H12F3N3O2/c1-6(10(11,12)13)18-5-7-2-3-15-8(4-7)9(14)16-17/h2-4,6,17H,5H2,1H3,(H2,14,16). The van der Waals surface area contributed by atoms with Crippen LogP contribution in [0.2, 0.25) is 0 Å². The number of pyridine rings is 1. The second-order valence-electron chi connectivity index (χ2n) is 3.53. The molecule has 1 aromatic heterocycles. The largest absolute Gasteiger partial charge is 0.414 e. The monoisotopic (exact) mass is 263 g/mol. The summed E-state index contributed by atoms with van der Waals surface area (Å²) in [6.07, 6.45) is -4.93. The Morgan fingerprint density at radius 1 is 1.61 bits per heavy atom. The molecular weight excluding hydrogens is 251 g/mol. The van der Waals surface area contributed by atoms with Crippen LogP contribution in [0.15, 0.2) is 23.5 Å². The second kappa shape index (κ2) is 5.67. The number of oxime groups is 1. The zero-order chi connectivity index (χ0) is 13.8. The van der Waals surface area contributed by atoms with E-state index >= 15 is 0 Å². The molecule has 0 spiro atoms. The van der Waals surface area contributed by atoms with Gasteiger partial charge in [0.15, 0.2) is 11.9 Å². The lowest BCUT2D eigenvalue weighted by Gasteiger charge is -2.16. The van der Waals surface area contributed by atoms with Crippen molar-refractivity contribution in [3.05, 3.63) is 29.6 Å². The van der Waals surface area contributed by atoms with Gasteiger partial charge in [-0.15, -0.1) is 0 Å². The number of hydrogen-bond donors (Lipinski definition) is 2. The van der Waals surface area contributed by atoms with Crippen molar-refractivity contribution in [2.45, 2.75) is 25.8 Å². The Bertz CT molecular complexity index is 435. The average Bonchev–Trinajstić information content (AvgIpc) is 2.34. The highest BCUT2D eigenvalue weighted by molar-refractivity contribution is 5.95.